The number of halogens is 7. The van der Waals surface area contributed by atoms with E-state index in [0.29, 0.717) is 6.42 Å². The molecule has 1 atom stereocenters. The topological polar surface area (TPSA) is 46.5 Å². The van der Waals surface area contributed by atoms with Crippen LogP contribution in [0.3, 0.4) is 0 Å². The highest BCUT2D eigenvalue weighted by atomic mass is 35.5. The van der Waals surface area contributed by atoms with Crippen LogP contribution in [0.1, 0.15) is 36.3 Å². The van der Waals surface area contributed by atoms with E-state index in [1.54, 1.807) is 0 Å². The predicted molar refractivity (Wildman–Crippen MR) is 101 cm³/mol. The zero-order valence-corrected chi connectivity index (χ0v) is 16.6. The van der Waals surface area contributed by atoms with Crippen LogP contribution in [0.15, 0.2) is 36.4 Å². The van der Waals surface area contributed by atoms with E-state index in [1.807, 2.05) is 0 Å². The first-order chi connectivity index (χ1) is 14.3. The van der Waals surface area contributed by atoms with Gasteiger partial charge in [-0.1, -0.05) is 36.6 Å². The Morgan fingerprint density at radius 2 is 1.71 bits per heavy atom. The van der Waals surface area contributed by atoms with E-state index in [1.165, 1.54) is 12.1 Å². The molecule has 0 spiro atoms. The second kappa shape index (κ2) is 8.61. The summed E-state index contributed by atoms with van der Waals surface area (Å²) in [5.74, 6) is -2.21. The largest absolute Gasteiger partial charge is 0.482 e. The number of carbonyl (C=O) groups is 1. The number of rotatable bonds is 7. The molecule has 3 nitrogen and oxygen atoms in total. The molecule has 0 unspecified atom stereocenters. The van der Waals surface area contributed by atoms with E-state index in [4.69, 9.17) is 16.3 Å². The summed E-state index contributed by atoms with van der Waals surface area (Å²) in [6, 6.07) is 6.28. The van der Waals surface area contributed by atoms with Gasteiger partial charge in [-0.2, -0.15) is 26.3 Å². The van der Waals surface area contributed by atoms with Crippen molar-refractivity contribution in [2.45, 2.75) is 37.5 Å². The van der Waals surface area contributed by atoms with Gasteiger partial charge in [0, 0.05) is 5.56 Å². The summed E-state index contributed by atoms with van der Waals surface area (Å²) in [6.07, 6.45) is -7.16. The van der Waals surface area contributed by atoms with E-state index in [2.05, 4.69) is 0 Å². The predicted octanol–water partition coefficient (Wildman–Crippen LogP) is 6.94. The normalized spacial score (nSPS) is 15.6. The molecule has 168 valence electrons. The summed E-state index contributed by atoms with van der Waals surface area (Å²) in [5.41, 5.74) is -0.584. The molecule has 0 aliphatic heterocycles. The molecule has 1 N–H and O–H groups in total. The van der Waals surface area contributed by atoms with Crippen molar-refractivity contribution in [3.8, 4) is 16.9 Å². The first-order valence-electron chi connectivity index (χ1n) is 9.28. The lowest BCUT2D eigenvalue weighted by molar-refractivity contribution is -0.153. The average molecular weight is 467 g/mol. The molecule has 0 aromatic heterocycles. The summed E-state index contributed by atoms with van der Waals surface area (Å²) in [7, 11) is 0. The van der Waals surface area contributed by atoms with Gasteiger partial charge < -0.3 is 9.84 Å². The molecule has 0 heterocycles. The SMILES string of the molecule is O=C(O)[C@@H](CC1CC1)c1cc(Cl)c(OCC(F)(F)F)c(-c2ccc(C(F)(F)F)cc2)c1. The molecule has 2 aromatic rings. The van der Waals surface area contributed by atoms with Crippen molar-refractivity contribution in [1.29, 1.82) is 0 Å². The van der Waals surface area contributed by atoms with Crippen LogP contribution < -0.4 is 4.74 Å². The van der Waals surface area contributed by atoms with Crippen molar-refractivity contribution in [2.75, 3.05) is 6.61 Å². The van der Waals surface area contributed by atoms with Crippen molar-refractivity contribution in [3.05, 3.63) is 52.5 Å². The Balaban J connectivity index is 2.07. The maximum Gasteiger partial charge on any atom is 0.422 e. The lowest BCUT2D eigenvalue weighted by Crippen LogP contribution is -2.20. The van der Waals surface area contributed by atoms with Gasteiger partial charge >= 0.3 is 18.3 Å². The van der Waals surface area contributed by atoms with E-state index >= 15 is 0 Å². The second-order valence-electron chi connectivity index (χ2n) is 7.43. The Bertz CT molecular complexity index is 949. The number of aliphatic carboxylic acids is 1. The van der Waals surface area contributed by atoms with Gasteiger partial charge in [0.15, 0.2) is 6.61 Å². The van der Waals surface area contributed by atoms with Gasteiger partial charge in [0.2, 0.25) is 0 Å². The molecule has 3 rings (SSSR count). The number of hydrogen-bond donors (Lipinski definition) is 1. The van der Waals surface area contributed by atoms with E-state index in [0.717, 1.165) is 37.1 Å². The Labute approximate surface area is 178 Å². The minimum atomic E-state index is -4.67. The first-order valence-corrected chi connectivity index (χ1v) is 9.66. The smallest absolute Gasteiger partial charge is 0.422 e. The van der Waals surface area contributed by atoms with Crippen LogP contribution >= 0.6 is 11.6 Å². The third-order valence-corrected chi connectivity index (χ3v) is 5.22. The van der Waals surface area contributed by atoms with Gasteiger partial charge in [0.05, 0.1) is 16.5 Å². The van der Waals surface area contributed by atoms with Crippen molar-refractivity contribution in [2.24, 2.45) is 5.92 Å². The van der Waals surface area contributed by atoms with Crippen molar-refractivity contribution in [1.82, 2.24) is 0 Å². The summed E-state index contributed by atoms with van der Waals surface area (Å²) < 4.78 is 81.5. The number of carboxylic acids is 1. The highest BCUT2D eigenvalue weighted by Gasteiger charge is 2.33. The van der Waals surface area contributed by atoms with Crippen LogP contribution in [0, 0.1) is 5.92 Å². The molecule has 0 amide bonds. The minimum Gasteiger partial charge on any atom is -0.482 e. The summed E-state index contributed by atoms with van der Waals surface area (Å²) in [5, 5.41) is 9.36. The molecular weight excluding hydrogens is 450 g/mol. The molecule has 10 heteroatoms. The zero-order valence-electron chi connectivity index (χ0n) is 15.9. The highest BCUT2D eigenvalue weighted by molar-refractivity contribution is 6.32. The molecule has 0 saturated heterocycles. The Hall–Kier alpha value is -2.42. The monoisotopic (exact) mass is 466 g/mol. The number of alkyl halides is 6. The average Bonchev–Trinajstić information content (AvgIpc) is 3.47. The van der Waals surface area contributed by atoms with Crippen LogP contribution in [0.4, 0.5) is 26.3 Å². The first kappa shape index (κ1) is 23.2. The summed E-state index contributed by atoms with van der Waals surface area (Å²) in [4.78, 5) is 11.8. The standard InChI is InChI=1S/C21H17ClF6O3/c22-17-9-13(16(19(29)30)7-11-1-2-11)8-15(18(17)31-10-20(23,24)25)12-3-5-14(6-4-12)21(26,27)28/h3-6,8-9,11,16H,1-2,7,10H2,(H,29,30)/t16-/m0/s1. The molecule has 0 radical (unpaired) electrons. The zero-order chi connectivity index (χ0) is 23.0. The fraction of sp³-hybridized carbons (Fsp3) is 0.381. The molecule has 0 bridgehead atoms. The molecule has 1 aliphatic rings. The minimum absolute atomic E-state index is 0.0116. The lowest BCUT2D eigenvalue weighted by Gasteiger charge is -2.19. The van der Waals surface area contributed by atoms with Gasteiger partial charge in [-0.3, -0.25) is 4.79 Å². The van der Waals surface area contributed by atoms with Crippen LogP contribution in [-0.4, -0.2) is 23.9 Å². The van der Waals surface area contributed by atoms with Crippen LogP contribution in [0.25, 0.3) is 11.1 Å². The highest BCUT2D eigenvalue weighted by Crippen LogP contribution is 2.44. The van der Waals surface area contributed by atoms with Crippen LogP contribution in [0.2, 0.25) is 5.02 Å². The van der Waals surface area contributed by atoms with Crippen molar-refractivity contribution < 1.29 is 41.0 Å². The molecule has 1 aliphatic carbocycles. The summed E-state index contributed by atoms with van der Waals surface area (Å²) in [6.45, 7) is -1.66. The maximum absolute atomic E-state index is 12.9. The number of carboxylic acid groups (broad SMARTS) is 1. The Morgan fingerprint density at radius 1 is 1.10 bits per heavy atom. The van der Waals surface area contributed by atoms with Crippen molar-refractivity contribution in [3.63, 3.8) is 0 Å². The molecule has 1 saturated carbocycles. The fourth-order valence-corrected chi connectivity index (χ4v) is 3.52. The lowest BCUT2D eigenvalue weighted by atomic mass is 9.90. The van der Waals surface area contributed by atoms with Gasteiger partial charge in [-0.25, -0.2) is 0 Å². The number of benzene rings is 2. The van der Waals surface area contributed by atoms with E-state index < -0.39 is 36.4 Å². The van der Waals surface area contributed by atoms with E-state index in [-0.39, 0.29) is 33.4 Å². The van der Waals surface area contributed by atoms with Crippen molar-refractivity contribution >= 4 is 17.6 Å². The second-order valence-corrected chi connectivity index (χ2v) is 7.84. The number of ether oxygens (including phenoxy) is 1. The third-order valence-electron chi connectivity index (χ3n) is 4.94. The van der Waals surface area contributed by atoms with Gasteiger partial charge in [-0.05, 0) is 47.7 Å². The van der Waals surface area contributed by atoms with E-state index in [9.17, 15) is 36.2 Å². The quantitative estimate of drug-likeness (QED) is 0.450. The van der Waals surface area contributed by atoms with Gasteiger partial charge in [0.25, 0.3) is 0 Å². The maximum atomic E-state index is 12.9. The van der Waals surface area contributed by atoms with Crippen LogP contribution in [-0.2, 0) is 11.0 Å². The van der Waals surface area contributed by atoms with Gasteiger partial charge in [-0.15, -0.1) is 0 Å². The molecular formula is C21H17ClF6O3. The van der Waals surface area contributed by atoms with Crippen LogP contribution in [0.5, 0.6) is 5.75 Å². The molecule has 31 heavy (non-hydrogen) atoms. The van der Waals surface area contributed by atoms with Gasteiger partial charge in [0.1, 0.15) is 5.75 Å². The number of hydrogen-bond acceptors (Lipinski definition) is 2. The fourth-order valence-electron chi connectivity index (χ4n) is 3.24. The molecule has 2 aromatic carbocycles. The summed E-state index contributed by atoms with van der Waals surface area (Å²) >= 11 is 6.15. The Kier molecular flexibility index (Phi) is 6.45. The third kappa shape index (κ3) is 6.06. The molecule has 1 fully saturated rings. The Morgan fingerprint density at radius 3 is 2.19 bits per heavy atom.